The predicted octanol–water partition coefficient (Wildman–Crippen LogP) is 3.41. The largest absolute Gasteiger partial charge is 0.357 e. The van der Waals surface area contributed by atoms with E-state index >= 15 is 0 Å². The second kappa shape index (κ2) is 6.66. The van der Waals surface area contributed by atoms with Gasteiger partial charge < -0.3 is 4.74 Å². The summed E-state index contributed by atoms with van der Waals surface area (Å²) in [5.74, 6) is 0. The third-order valence-corrected chi connectivity index (χ3v) is 2.90. The molecule has 2 heteroatoms. The summed E-state index contributed by atoms with van der Waals surface area (Å²) in [5.41, 5.74) is 6.73. The maximum atomic E-state index is 6.28. The molecule has 0 radical (unpaired) electrons. The normalized spacial score (nSPS) is 14.7. The van der Waals surface area contributed by atoms with Gasteiger partial charge in [0.25, 0.3) is 0 Å². The van der Waals surface area contributed by atoms with E-state index in [1.807, 2.05) is 30.3 Å². The van der Waals surface area contributed by atoms with Gasteiger partial charge in [0.15, 0.2) is 0 Å². The van der Waals surface area contributed by atoms with E-state index in [1.54, 1.807) is 0 Å². The van der Waals surface area contributed by atoms with E-state index in [0.29, 0.717) is 0 Å². The summed E-state index contributed by atoms with van der Waals surface area (Å²) in [6.07, 6.45) is 4.29. The molecular weight excluding hydrogens is 198 g/mol. The minimum atomic E-state index is -0.616. The fourth-order valence-electron chi connectivity index (χ4n) is 1.72. The maximum absolute atomic E-state index is 6.28. The van der Waals surface area contributed by atoms with Crippen molar-refractivity contribution in [2.45, 2.75) is 45.3 Å². The first kappa shape index (κ1) is 13.2. The van der Waals surface area contributed by atoms with Gasteiger partial charge in [-0.2, -0.15) is 0 Å². The summed E-state index contributed by atoms with van der Waals surface area (Å²) >= 11 is 0. The first-order valence-corrected chi connectivity index (χ1v) is 6.21. The van der Waals surface area contributed by atoms with Crippen LogP contribution in [0.1, 0.15) is 45.1 Å². The first-order chi connectivity index (χ1) is 7.73. The highest BCUT2D eigenvalue weighted by Crippen LogP contribution is 2.23. The van der Waals surface area contributed by atoms with Gasteiger partial charge in [0.2, 0.25) is 0 Å². The van der Waals surface area contributed by atoms with Crippen molar-refractivity contribution in [2.75, 3.05) is 6.61 Å². The topological polar surface area (TPSA) is 35.2 Å². The molecule has 2 nitrogen and oxygen atoms in total. The molecular formula is C14H23NO. The average Bonchev–Trinajstić information content (AvgIpc) is 2.35. The monoisotopic (exact) mass is 221 g/mol. The summed E-state index contributed by atoms with van der Waals surface area (Å²) in [7, 11) is 0. The summed E-state index contributed by atoms with van der Waals surface area (Å²) in [4.78, 5) is 0. The van der Waals surface area contributed by atoms with E-state index in [2.05, 4.69) is 13.8 Å². The molecule has 0 amide bonds. The van der Waals surface area contributed by atoms with Crippen molar-refractivity contribution >= 4 is 0 Å². The van der Waals surface area contributed by atoms with Gasteiger partial charge in [-0.1, -0.05) is 57.0 Å². The van der Waals surface area contributed by atoms with Crippen molar-refractivity contribution in [2.24, 2.45) is 5.73 Å². The van der Waals surface area contributed by atoms with Crippen molar-refractivity contribution in [3.63, 3.8) is 0 Å². The zero-order valence-electron chi connectivity index (χ0n) is 10.4. The van der Waals surface area contributed by atoms with Crippen molar-refractivity contribution in [1.29, 1.82) is 0 Å². The average molecular weight is 221 g/mol. The predicted molar refractivity (Wildman–Crippen MR) is 68.1 cm³/mol. The molecule has 0 saturated heterocycles. The lowest BCUT2D eigenvalue weighted by molar-refractivity contribution is -0.0508. The lowest BCUT2D eigenvalue weighted by atomic mass is 10.0. The minimum absolute atomic E-state index is 0.616. The summed E-state index contributed by atoms with van der Waals surface area (Å²) in [5, 5.41) is 0. The quantitative estimate of drug-likeness (QED) is 0.565. The molecule has 1 aromatic rings. The van der Waals surface area contributed by atoms with Gasteiger partial charge in [0.1, 0.15) is 5.72 Å². The van der Waals surface area contributed by atoms with E-state index in [1.165, 1.54) is 12.8 Å². The fourth-order valence-corrected chi connectivity index (χ4v) is 1.72. The Labute approximate surface area is 98.8 Å². The molecule has 0 aliphatic rings. The van der Waals surface area contributed by atoms with Crippen LogP contribution in [-0.4, -0.2) is 6.61 Å². The maximum Gasteiger partial charge on any atom is 0.142 e. The lowest BCUT2D eigenvalue weighted by Gasteiger charge is -2.29. The van der Waals surface area contributed by atoms with Gasteiger partial charge >= 0.3 is 0 Å². The second-order valence-electron chi connectivity index (χ2n) is 4.16. The van der Waals surface area contributed by atoms with Crippen LogP contribution in [0.25, 0.3) is 0 Å². The summed E-state index contributed by atoms with van der Waals surface area (Å²) in [6.45, 7) is 4.99. The molecule has 0 heterocycles. The van der Waals surface area contributed by atoms with Crippen molar-refractivity contribution in [3.05, 3.63) is 35.9 Å². The Balaban J connectivity index is 2.56. The standard InChI is InChI=1S/C14H23NO/c1-3-5-9-12-16-14(15,4-2)13-10-7-6-8-11-13/h6-8,10-11H,3-5,9,12,15H2,1-2H3. The van der Waals surface area contributed by atoms with Crippen LogP contribution in [0.2, 0.25) is 0 Å². The summed E-state index contributed by atoms with van der Waals surface area (Å²) in [6, 6.07) is 10.1. The molecule has 90 valence electrons. The van der Waals surface area contributed by atoms with Crippen LogP contribution in [-0.2, 0) is 10.5 Å². The molecule has 0 saturated carbocycles. The summed E-state index contributed by atoms with van der Waals surface area (Å²) < 4.78 is 5.84. The number of hydrogen-bond donors (Lipinski definition) is 1. The van der Waals surface area contributed by atoms with Crippen molar-refractivity contribution in [3.8, 4) is 0 Å². The Hall–Kier alpha value is -0.860. The van der Waals surface area contributed by atoms with Crippen molar-refractivity contribution in [1.82, 2.24) is 0 Å². The number of ether oxygens (including phenoxy) is 1. The van der Waals surface area contributed by atoms with Gasteiger partial charge in [-0.15, -0.1) is 0 Å². The van der Waals surface area contributed by atoms with Crippen LogP contribution in [0.15, 0.2) is 30.3 Å². The van der Waals surface area contributed by atoms with E-state index in [9.17, 15) is 0 Å². The molecule has 1 aromatic carbocycles. The zero-order chi connectivity index (χ0) is 11.9. The molecule has 1 unspecified atom stereocenters. The van der Waals surface area contributed by atoms with Gasteiger partial charge in [-0.05, 0) is 18.4 Å². The smallest absolute Gasteiger partial charge is 0.142 e. The Kier molecular flexibility index (Phi) is 5.50. The molecule has 16 heavy (non-hydrogen) atoms. The van der Waals surface area contributed by atoms with E-state index in [4.69, 9.17) is 10.5 Å². The molecule has 0 fully saturated rings. The molecule has 2 N–H and O–H groups in total. The number of unbranched alkanes of at least 4 members (excludes halogenated alkanes) is 2. The molecule has 0 spiro atoms. The molecule has 0 aromatic heterocycles. The van der Waals surface area contributed by atoms with Crippen LogP contribution in [0, 0.1) is 0 Å². The second-order valence-corrected chi connectivity index (χ2v) is 4.16. The SMILES string of the molecule is CCCCCOC(N)(CC)c1ccccc1. The highest BCUT2D eigenvalue weighted by atomic mass is 16.5. The fraction of sp³-hybridized carbons (Fsp3) is 0.571. The van der Waals surface area contributed by atoms with Crippen LogP contribution in [0.4, 0.5) is 0 Å². The van der Waals surface area contributed by atoms with E-state index < -0.39 is 5.72 Å². The van der Waals surface area contributed by atoms with Crippen LogP contribution in [0.3, 0.4) is 0 Å². The molecule has 1 rings (SSSR count). The van der Waals surface area contributed by atoms with Crippen LogP contribution >= 0.6 is 0 Å². The third-order valence-electron chi connectivity index (χ3n) is 2.90. The van der Waals surface area contributed by atoms with E-state index in [0.717, 1.165) is 25.0 Å². The van der Waals surface area contributed by atoms with Crippen LogP contribution < -0.4 is 5.73 Å². The molecule has 1 atom stereocenters. The molecule has 0 aliphatic carbocycles. The van der Waals surface area contributed by atoms with Crippen molar-refractivity contribution < 1.29 is 4.74 Å². The Morgan fingerprint density at radius 1 is 1.12 bits per heavy atom. The Bertz CT molecular complexity index is 286. The van der Waals surface area contributed by atoms with Gasteiger partial charge in [0, 0.05) is 6.61 Å². The minimum Gasteiger partial charge on any atom is -0.357 e. The Morgan fingerprint density at radius 3 is 2.38 bits per heavy atom. The van der Waals surface area contributed by atoms with E-state index in [-0.39, 0.29) is 0 Å². The highest BCUT2D eigenvalue weighted by Gasteiger charge is 2.25. The number of rotatable bonds is 7. The van der Waals surface area contributed by atoms with Gasteiger partial charge in [-0.3, -0.25) is 5.73 Å². The Morgan fingerprint density at radius 2 is 1.81 bits per heavy atom. The zero-order valence-corrected chi connectivity index (χ0v) is 10.4. The number of nitrogens with two attached hydrogens (primary N) is 1. The first-order valence-electron chi connectivity index (χ1n) is 6.21. The van der Waals surface area contributed by atoms with Gasteiger partial charge in [0.05, 0.1) is 0 Å². The molecule has 0 aliphatic heterocycles. The number of benzene rings is 1. The third kappa shape index (κ3) is 3.62. The van der Waals surface area contributed by atoms with Crippen LogP contribution in [0.5, 0.6) is 0 Å². The number of hydrogen-bond acceptors (Lipinski definition) is 2. The molecule has 0 bridgehead atoms. The lowest BCUT2D eigenvalue weighted by Crippen LogP contribution is -2.39. The van der Waals surface area contributed by atoms with Gasteiger partial charge in [-0.25, -0.2) is 0 Å². The highest BCUT2D eigenvalue weighted by molar-refractivity contribution is 5.21.